The molecule has 0 heterocycles. The molecule has 0 aromatic heterocycles. The van der Waals surface area contributed by atoms with Crippen molar-refractivity contribution in [1.29, 1.82) is 0 Å². The average Bonchev–Trinajstić information content (AvgIpc) is 2.21. The van der Waals surface area contributed by atoms with E-state index in [1.54, 1.807) is 6.07 Å². The lowest BCUT2D eigenvalue weighted by Gasteiger charge is -2.09. The third kappa shape index (κ3) is 4.19. The van der Waals surface area contributed by atoms with Gasteiger partial charge in [-0.3, -0.25) is 0 Å². The first kappa shape index (κ1) is 13.0. The van der Waals surface area contributed by atoms with E-state index < -0.39 is 0 Å². The van der Waals surface area contributed by atoms with Crippen LogP contribution >= 0.6 is 0 Å². The molecule has 2 N–H and O–H groups in total. The lowest BCUT2D eigenvalue weighted by atomic mass is 10.1. The molecule has 0 saturated heterocycles. The molecule has 1 rings (SSSR count). The molecule has 16 heavy (non-hydrogen) atoms. The van der Waals surface area contributed by atoms with Crippen molar-refractivity contribution in [1.82, 2.24) is 0 Å². The van der Waals surface area contributed by atoms with Crippen LogP contribution in [-0.2, 0) is 6.42 Å². The van der Waals surface area contributed by atoms with Gasteiger partial charge in [-0.15, -0.1) is 0 Å². The molecule has 0 unspecified atom stereocenters. The summed E-state index contributed by atoms with van der Waals surface area (Å²) < 4.78 is 18.9. The molecule has 0 amide bonds. The van der Waals surface area contributed by atoms with Gasteiger partial charge >= 0.3 is 0 Å². The number of benzene rings is 1. The molecule has 2 nitrogen and oxygen atoms in total. The van der Waals surface area contributed by atoms with Gasteiger partial charge in [0.15, 0.2) is 11.6 Å². The van der Waals surface area contributed by atoms with E-state index in [2.05, 4.69) is 13.8 Å². The van der Waals surface area contributed by atoms with E-state index in [-0.39, 0.29) is 5.82 Å². The van der Waals surface area contributed by atoms with Crippen LogP contribution in [0.5, 0.6) is 5.75 Å². The molecule has 0 bridgehead atoms. The highest BCUT2D eigenvalue weighted by Crippen LogP contribution is 2.19. The highest BCUT2D eigenvalue weighted by molar-refractivity contribution is 5.29. The first-order valence-electron chi connectivity index (χ1n) is 5.74. The van der Waals surface area contributed by atoms with E-state index in [1.165, 1.54) is 6.07 Å². The normalized spacial score (nSPS) is 10.8. The fourth-order valence-electron chi connectivity index (χ4n) is 1.39. The number of hydrogen-bond acceptors (Lipinski definition) is 2. The predicted molar refractivity (Wildman–Crippen MR) is 64.1 cm³/mol. The van der Waals surface area contributed by atoms with Gasteiger partial charge in [-0.25, -0.2) is 4.39 Å². The second kappa shape index (κ2) is 6.48. The SMILES string of the molecule is CC(C)CCOc1ccc(CCN)cc1F. The van der Waals surface area contributed by atoms with Crippen molar-refractivity contribution in [3.63, 3.8) is 0 Å². The molecule has 0 aliphatic heterocycles. The second-order valence-electron chi connectivity index (χ2n) is 4.33. The first-order valence-corrected chi connectivity index (χ1v) is 5.74. The molecule has 1 aromatic carbocycles. The predicted octanol–water partition coefficient (Wildman–Crippen LogP) is 2.75. The summed E-state index contributed by atoms with van der Waals surface area (Å²) in [5.41, 5.74) is 6.32. The van der Waals surface area contributed by atoms with Gasteiger partial charge in [0.25, 0.3) is 0 Å². The summed E-state index contributed by atoms with van der Waals surface area (Å²) in [6.07, 6.45) is 1.63. The minimum atomic E-state index is -0.297. The Balaban J connectivity index is 2.54. The molecule has 0 aliphatic rings. The highest BCUT2D eigenvalue weighted by Gasteiger charge is 2.04. The minimum Gasteiger partial charge on any atom is -0.491 e. The topological polar surface area (TPSA) is 35.2 Å². The highest BCUT2D eigenvalue weighted by atomic mass is 19.1. The zero-order chi connectivity index (χ0) is 12.0. The van der Waals surface area contributed by atoms with Crippen LogP contribution in [0.4, 0.5) is 4.39 Å². The Hall–Kier alpha value is -1.09. The molecular weight excluding hydrogens is 205 g/mol. The Kier molecular flexibility index (Phi) is 5.26. The summed E-state index contributed by atoms with van der Waals surface area (Å²) in [5, 5.41) is 0. The number of halogens is 1. The van der Waals surface area contributed by atoms with Crippen molar-refractivity contribution in [2.45, 2.75) is 26.7 Å². The maximum absolute atomic E-state index is 13.5. The lowest BCUT2D eigenvalue weighted by Crippen LogP contribution is -2.05. The molecule has 0 fully saturated rings. The molecule has 3 heteroatoms. The van der Waals surface area contributed by atoms with Gasteiger partial charge in [-0.1, -0.05) is 19.9 Å². The lowest BCUT2D eigenvalue weighted by molar-refractivity contribution is 0.276. The molecule has 0 atom stereocenters. The summed E-state index contributed by atoms with van der Waals surface area (Å²) in [4.78, 5) is 0. The van der Waals surface area contributed by atoms with Crippen LogP contribution in [0.1, 0.15) is 25.8 Å². The molecule has 0 spiro atoms. The molecular formula is C13H20FNO. The molecule has 0 aliphatic carbocycles. The van der Waals surface area contributed by atoms with Gasteiger partial charge in [0, 0.05) is 0 Å². The summed E-state index contributed by atoms with van der Waals surface area (Å²) in [7, 11) is 0. The Labute approximate surface area is 96.6 Å². The maximum atomic E-state index is 13.5. The van der Waals surface area contributed by atoms with Crippen LogP contribution in [0.3, 0.4) is 0 Å². The monoisotopic (exact) mass is 225 g/mol. The number of ether oxygens (including phenoxy) is 1. The molecule has 90 valence electrons. The van der Waals surface area contributed by atoms with E-state index in [0.717, 1.165) is 12.0 Å². The summed E-state index contributed by atoms with van der Waals surface area (Å²) in [6.45, 7) is 5.33. The van der Waals surface area contributed by atoms with E-state index in [0.29, 0.717) is 31.2 Å². The molecule has 0 radical (unpaired) electrons. The van der Waals surface area contributed by atoms with Crippen LogP contribution in [0.2, 0.25) is 0 Å². The number of rotatable bonds is 6. The zero-order valence-electron chi connectivity index (χ0n) is 10.0. The van der Waals surface area contributed by atoms with E-state index in [4.69, 9.17) is 10.5 Å². The van der Waals surface area contributed by atoms with Gasteiger partial charge in [0.2, 0.25) is 0 Å². The van der Waals surface area contributed by atoms with Gasteiger partial charge < -0.3 is 10.5 Å². The maximum Gasteiger partial charge on any atom is 0.165 e. The van der Waals surface area contributed by atoms with Crippen LogP contribution < -0.4 is 10.5 Å². The van der Waals surface area contributed by atoms with Crippen molar-refractivity contribution in [3.05, 3.63) is 29.6 Å². The Morgan fingerprint density at radius 2 is 2.12 bits per heavy atom. The van der Waals surface area contributed by atoms with Gasteiger partial charge in [-0.05, 0) is 43.0 Å². The first-order chi connectivity index (χ1) is 7.63. The fourth-order valence-corrected chi connectivity index (χ4v) is 1.39. The van der Waals surface area contributed by atoms with E-state index in [9.17, 15) is 4.39 Å². The van der Waals surface area contributed by atoms with Gasteiger partial charge in [0.1, 0.15) is 0 Å². The summed E-state index contributed by atoms with van der Waals surface area (Å²) >= 11 is 0. The molecule has 0 saturated carbocycles. The van der Waals surface area contributed by atoms with E-state index >= 15 is 0 Å². The second-order valence-corrected chi connectivity index (χ2v) is 4.33. The smallest absolute Gasteiger partial charge is 0.165 e. The number of hydrogen-bond donors (Lipinski definition) is 1. The van der Waals surface area contributed by atoms with Crippen LogP contribution in [-0.4, -0.2) is 13.2 Å². The largest absolute Gasteiger partial charge is 0.491 e. The van der Waals surface area contributed by atoms with Crippen molar-refractivity contribution in [3.8, 4) is 5.75 Å². The van der Waals surface area contributed by atoms with Crippen molar-refractivity contribution >= 4 is 0 Å². The van der Waals surface area contributed by atoms with Gasteiger partial charge in [-0.2, -0.15) is 0 Å². The van der Waals surface area contributed by atoms with Crippen molar-refractivity contribution < 1.29 is 9.13 Å². The van der Waals surface area contributed by atoms with Crippen molar-refractivity contribution in [2.24, 2.45) is 11.7 Å². The molecule has 1 aromatic rings. The zero-order valence-corrected chi connectivity index (χ0v) is 10.0. The minimum absolute atomic E-state index is 0.297. The Morgan fingerprint density at radius 1 is 1.38 bits per heavy atom. The van der Waals surface area contributed by atoms with Gasteiger partial charge in [0.05, 0.1) is 6.61 Å². The van der Waals surface area contributed by atoms with Crippen LogP contribution in [0.15, 0.2) is 18.2 Å². The fraction of sp³-hybridized carbons (Fsp3) is 0.538. The third-order valence-electron chi connectivity index (χ3n) is 2.38. The van der Waals surface area contributed by atoms with Crippen LogP contribution in [0.25, 0.3) is 0 Å². The van der Waals surface area contributed by atoms with E-state index in [1.807, 2.05) is 6.07 Å². The average molecular weight is 225 g/mol. The Bertz CT molecular complexity index is 326. The standard InChI is InChI=1S/C13H20FNO/c1-10(2)6-8-16-13-4-3-11(5-7-15)9-12(13)14/h3-4,9-10H,5-8,15H2,1-2H3. The van der Waals surface area contributed by atoms with Crippen molar-refractivity contribution in [2.75, 3.05) is 13.2 Å². The summed E-state index contributed by atoms with van der Waals surface area (Å²) in [6, 6.07) is 5.04. The number of nitrogens with two attached hydrogens (primary N) is 1. The third-order valence-corrected chi connectivity index (χ3v) is 2.38. The quantitative estimate of drug-likeness (QED) is 0.808. The van der Waals surface area contributed by atoms with Crippen LogP contribution in [0, 0.1) is 11.7 Å². The summed E-state index contributed by atoms with van der Waals surface area (Å²) in [5.74, 6) is 0.607. The Morgan fingerprint density at radius 3 is 2.69 bits per heavy atom.